The molecule has 0 aromatic carbocycles. The van der Waals surface area contributed by atoms with Crippen LogP contribution in [0.1, 0.15) is 45.4 Å². The average Bonchev–Trinajstić information content (AvgIpc) is 2.82. The molecular weight excluding hydrogens is 236 g/mol. The van der Waals surface area contributed by atoms with Crippen molar-refractivity contribution in [3.05, 3.63) is 11.8 Å². The highest BCUT2D eigenvalue weighted by molar-refractivity contribution is 7.91. The van der Waals surface area contributed by atoms with Crippen LogP contribution >= 0.6 is 0 Å². The lowest BCUT2D eigenvalue weighted by Gasteiger charge is -2.21. The molecule has 3 nitrogen and oxygen atoms in total. The summed E-state index contributed by atoms with van der Waals surface area (Å²) in [6.45, 7) is 2.71. The first-order valence-electron chi connectivity index (χ1n) is 6.49. The van der Waals surface area contributed by atoms with Crippen LogP contribution in [0.15, 0.2) is 11.8 Å². The summed E-state index contributed by atoms with van der Waals surface area (Å²) in [7, 11) is -2.78. The predicted octanol–water partition coefficient (Wildman–Crippen LogP) is 2.68. The minimum atomic E-state index is -2.78. The van der Waals surface area contributed by atoms with Crippen LogP contribution in [-0.4, -0.2) is 26.5 Å². The van der Waals surface area contributed by atoms with Crippen LogP contribution in [0, 0.1) is 5.41 Å². The first kappa shape index (κ1) is 12.9. The fourth-order valence-corrected chi connectivity index (χ4v) is 5.00. The molecule has 1 saturated heterocycles. The molecule has 2 fully saturated rings. The van der Waals surface area contributed by atoms with E-state index >= 15 is 0 Å². The van der Waals surface area contributed by atoms with Crippen LogP contribution in [0.2, 0.25) is 0 Å². The van der Waals surface area contributed by atoms with E-state index in [1.165, 1.54) is 31.3 Å². The number of rotatable bonds is 4. The lowest BCUT2D eigenvalue weighted by Crippen LogP contribution is -2.19. The molecule has 0 radical (unpaired) electrons. The van der Waals surface area contributed by atoms with Gasteiger partial charge in [-0.25, -0.2) is 8.42 Å². The van der Waals surface area contributed by atoms with Gasteiger partial charge in [0.25, 0.3) is 0 Å². The van der Waals surface area contributed by atoms with Gasteiger partial charge in [-0.15, -0.1) is 0 Å². The van der Waals surface area contributed by atoms with E-state index in [2.05, 4.69) is 6.92 Å². The van der Waals surface area contributed by atoms with Crippen LogP contribution in [0.25, 0.3) is 0 Å². The van der Waals surface area contributed by atoms with Gasteiger partial charge in [-0.2, -0.15) is 0 Å². The molecule has 1 aliphatic heterocycles. The molecule has 0 bridgehead atoms. The van der Waals surface area contributed by atoms with E-state index in [9.17, 15) is 8.42 Å². The van der Waals surface area contributed by atoms with Gasteiger partial charge in [0.15, 0.2) is 9.84 Å². The maximum Gasteiger partial charge on any atom is 0.150 e. The number of hydrogen-bond acceptors (Lipinski definition) is 3. The summed E-state index contributed by atoms with van der Waals surface area (Å²) in [5.74, 6) is 0.685. The van der Waals surface area contributed by atoms with E-state index in [1.54, 1.807) is 0 Å². The molecule has 17 heavy (non-hydrogen) atoms. The Balaban J connectivity index is 1.73. The summed E-state index contributed by atoms with van der Waals surface area (Å²) in [5.41, 5.74) is 1.35. The number of allylic oxidation sites excluding steroid dienone is 1. The molecule has 1 heterocycles. The maximum absolute atomic E-state index is 11.4. The van der Waals surface area contributed by atoms with Gasteiger partial charge in [0.05, 0.1) is 24.4 Å². The summed E-state index contributed by atoms with van der Waals surface area (Å²) < 4.78 is 28.4. The Bertz CT molecular complexity index is 389. The largest absolute Gasteiger partial charge is 0.501 e. The molecule has 1 unspecified atom stereocenters. The molecule has 1 atom stereocenters. The van der Waals surface area contributed by atoms with Crippen LogP contribution in [0.5, 0.6) is 0 Å². The van der Waals surface area contributed by atoms with E-state index in [1.807, 2.05) is 6.26 Å². The van der Waals surface area contributed by atoms with Crippen molar-refractivity contribution >= 4 is 9.84 Å². The van der Waals surface area contributed by atoms with E-state index < -0.39 is 9.84 Å². The predicted molar refractivity (Wildman–Crippen MR) is 68.5 cm³/mol. The number of ether oxygens (including phenoxy) is 1. The van der Waals surface area contributed by atoms with Crippen LogP contribution in [0.4, 0.5) is 0 Å². The van der Waals surface area contributed by atoms with Crippen molar-refractivity contribution in [1.82, 2.24) is 0 Å². The van der Waals surface area contributed by atoms with Crippen molar-refractivity contribution < 1.29 is 13.2 Å². The first-order chi connectivity index (χ1) is 7.99. The third-order valence-electron chi connectivity index (χ3n) is 3.90. The molecule has 0 spiro atoms. The Morgan fingerprint density at radius 3 is 2.65 bits per heavy atom. The summed E-state index contributed by atoms with van der Waals surface area (Å²) in [6.07, 6.45) is 8.44. The zero-order valence-electron chi connectivity index (χ0n) is 10.6. The Kier molecular flexibility index (Phi) is 3.81. The second-order valence-electron chi connectivity index (χ2n) is 5.76. The van der Waals surface area contributed by atoms with Gasteiger partial charge in [-0.05, 0) is 49.5 Å². The third kappa shape index (κ3) is 3.73. The monoisotopic (exact) mass is 258 g/mol. The minimum Gasteiger partial charge on any atom is -0.501 e. The molecule has 0 N–H and O–H groups in total. The summed E-state index contributed by atoms with van der Waals surface area (Å²) >= 11 is 0. The Hall–Kier alpha value is -0.510. The molecule has 1 aliphatic carbocycles. The molecule has 0 aromatic heterocycles. The second kappa shape index (κ2) is 5.01. The van der Waals surface area contributed by atoms with E-state index in [-0.39, 0.29) is 5.41 Å². The van der Waals surface area contributed by atoms with Gasteiger partial charge in [-0.1, -0.05) is 6.92 Å². The first-order valence-corrected chi connectivity index (χ1v) is 8.31. The molecule has 98 valence electrons. The molecule has 0 amide bonds. The highest BCUT2D eigenvalue weighted by Gasteiger charge is 2.37. The topological polar surface area (TPSA) is 43.4 Å². The highest BCUT2D eigenvalue weighted by atomic mass is 32.2. The zero-order valence-corrected chi connectivity index (χ0v) is 11.4. The second-order valence-corrected chi connectivity index (χ2v) is 7.94. The lowest BCUT2D eigenvalue weighted by atomic mass is 9.87. The number of hydrogen-bond donors (Lipinski definition) is 0. The van der Waals surface area contributed by atoms with Crippen molar-refractivity contribution in [2.75, 3.05) is 18.1 Å². The summed E-state index contributed by atoms with van der Waals surface area (Å²) in [5, 5.41) is 0. The summed E-state index contributed by atoms with van der Waals surface area (Å²) in [6, 6.07) is 0. The van der Waals surface area contributed by atoms with Crippen molar-refractivity contribution in [2.45, 2.75) is 45.4 Å². The number of sulfone groups is 1. The maximum atomic E-state index is 11.4. The van der Waals surface area contributed by atoms with Crippen molar-refractivity contribution in [2.24, 2.45) is 5.41 Å². The Labute approximate surface area is 104 Å². The van der Waals surface area contributed by atoms with Crippen molar-refractivity contribution in [1.29, 1.82) is 0 Å². The molecule has 2 aliphatic rings. The average molecular weight is 258 g/mol. The molecule has 1 saturated carbocycles. The minimum absolute atomic E-state index is 0.0625. The van der Waals surface area contributed by atoms with E-state index in [0.717, 1.165) is 12.8 Å². The molecule has 0 aromatic rings. The van der Waals surface area contributed by atoms with Gasteiger partial charge >= 0.3 is 0 Å². The van der Waals surface area contributed by atoms with E-state index in [4.69, 9.17) is 4.74 Å². The van der Waals surface area contributed by atoms with Crippen LogP contribution in [-0.2, 0) is 14.6 Å². The molecule has 4 heteroatoms. The van der Waals surface area contributed by atoms with Crippen LogP contribution < -0.4 is 0 Å². The fourth-order valence-electron chi connectivity index (χ4n) is 2.70. The molecule has 2 rings (SSSR count). The highest BCUT2D eigenvalue weighted by Crippen LogP contribution is 2.35. The van der Waals surface area contributed by atoms with Gasteiger partial charge < -0.3 is 4.74 Å². The Morgan fingerprint density at radius 2 is 2.06 bits per heavy atom. The third-order valence-corrected chi connectivity index (χ3v) is 5.87. The lowest BCUT2D eigenvalue weighted by molar-refractivity contribution is 0.188. The quantitative estimate of drug-likeness (QED) is 0.575. The molecular formula is C13H22O3S. The van der Waals surface area contributed by atoms with Gasteiger partial charge in [-0.3, -0.25) is 0 Å². The van der Waals surface area contributed by atoms with Gasteiger partial charge in [0.2, 0.25) is 0 Å². The van der Waals surface area contributed by atoms with E-state index in [0.29, 0.717) is 18.1 Å². The summed E-state index contributed by atoms with van der Waals surface area (Å²) in [4.78, 5) is 0. The van der Waals surface area contributed by atoms with Crippen molar-refractivity contribution in [3.63, 3.8) is 0 Å². The normalized spacial score (nSPS) is 31.7. The van der Waals surface area contributed by atoms with Crippen molar-refractivity contribution in [3.8, 4) is 0 Å². The standard InChI is InChI=1S/C13H22O3S/c1-13(7-9-17(14,15)11-13)6-8-16-10-12-4-2-3-5-12/h10H,2-9,11H2,1H3. The van der Waals surface area contributed by atoms with Gasteiger partial charge in [0, 0.05) is 0 Å². The SMILES string of the molecule is CC1(CCOC=C2CCCC2)CCS(=O)(=O)C1. The van der Waals surface area contributed by atoms with Gasteiger partial charge in [0.1, 0.15) is 0 Å². The Morgan fingerprint density at radius 1 is 1.35 bits per heavy atom. The zero-order chi connectivity index (χ0) is 12.4. The smallest absolute Gasteiger partial charge is 0.150 e. The fraction of sp³-hybridized carbons (Fsp3) is 0.846. The van der Waals surface area contributed by atoms with Crippen LogP contribution in [0.3, 0.4) is 0 Å².